The number of halogens is 1. The predicted molar refractivity (Wildman–Crippen MR) is 103 cm³/mol. The maximum atomic E-state index is 12.0. The number of amides is 1. The molecular weight excluding hydrogens is 396 g/mol. The quantitative estimate of drug-likeness (QED) is 0.601. The standard InChI is InChI=1S/C16H12N4O3S2.ClH/c21-13(18-12-5-3-10(4-6-12)15(22)23)9-24-16-20-19-14(25-16)11-2-1-7-17-8-11;/h1-8H,9H2,(H,18,21)(H,22,23);1H. The number of thioether (sulfide) groups is 1. The third-order valence-corrected chi connectivity index (χ3v) is 5.16. The van der Waals surface area contributed by atoms with E-state index >= 15 is 0 Å². The first-order valence-corrected chi connectivity index (χ1v) is 8.92. The monoisotopic (exact) mass is 408 g/mol. The highest BCUT2D eigenvalue weighted by Crippen LogP contribution is 2.28. The number of carboxylic acids is 1. The topological polar surface area (TPSA) is 105 Å². The van der Waals surface area contributed by atoms with Crippen molar-refractivity contribution in [2.24, 2.45) is 0 Å². The number of nitrogens with one attached hydrogen (secondary N) is 1. The highest BCUT2D eigenvalue weighted by Gasteiger charge is 2.10. The van der Waals surface area contributed by atoms with Gasteiger partial charge in [0, 0.05) is 23.6 Å². The van der Waals surface area contributed by atoms with Crippen molar-refractivity contribution in [1.82, 2.24) is 15.2 Å². The van der Waals surface area contributed by atoms with Gasteiger partial charge in [-0.25, -0.2) is 4.79 Å². The van der Waals surface area contributed by atoms with Crippen LogP contribution in [-0.4, -0.2) is 37.9 Å². The Bertz CT molecular complexity index is 888. The number of aromatic nitrogens is 3. The molecule has 0 spiro atoms. The number of hydrogen-bond donors (Lipinski definition) is 2. The molecule has 0 atom stereocenters. The molecule has 0 aliphatic rings. The molecule has 1 amide bonds. The van der Waals surface area contributed by atoms with Crippen LogP contribution < -0.4 is 5.32 Å². The molecule has 0 bridgehead atoms. The van der Waals surface area contributed by atoms with Crippen molar-refractivity contribution in [1.29, 1.82) is 0 Å². The molecule has 0 unspecified atom stereocenters. The lowest BCUT2D eigenvalue weighted by Crippen LogP contribution is -2.14. The van der Waals surface area contributed by atoms with Crippen molar-refractivity contribution in [2.75, 3.05) is 11.1 Å². The third kappa shape index (κ3) is 5.25. The number of carbonyl (C=O) groups is 2. The van der Waals surface area contributed by atoms with Gasteiger partial charge in [0.2, 0.25) is 5.91 Å². The average Bonchev–Trinajstić information content (AvgIpc) is 3.10. The van der Waals surface area contributed by atoms with E-state index in [9.17, 15) is 9.59 Å². The van der Waals surface area contributed by atoms with Gasteiger partial charge in [-0.15, -0.1) is 22.6 Å². The van der Waals surface area contributed by atoms with Crippen LogP contribution in [0.1, 0.15) is 10.4 Å². The molecule has 2 N–H and O–H groups in total. The molecule has 0 saturated carbocycles. The maximum Gasteiger partial charge on any atom is 0.335 e. The van der Waals surface area contributed by atoms with Gasteiger partial charge in [-0.05, 0) is 36.4 Å². The summed E-state index contributed by atoms with van der Waals surface area (Å²) in [5.41, 5.74) is 1.60. The van der Waals surface area contributed by atoms with Gasteiger partial charge < -0.3 is 10.4 Å². The number of pyridine rings is 1. The van der Waals surface area contributed by atoms with Gasteiger partial charge in [0.1, 0.15) is 5.01 Å². The van der Waals surface area contributed by atoms with Crippen LogP contribution in [0.15, 0.2) is 53.1 Å². The van der Waals surface area contributed by atoms with Crippen LogP contribution in [0, 0.1) is 0 Å². The number of carboxylic acid groups (broad SMARTS) is 1. The minimum Gasteiger partial charge on any atom is -0.478 e. The van der Waals surface area contributed by atoms with E-state index in [1.807, 2.05) is 12.1 Å². The van der Waals surface area contributed by atoms with Gasteiger partial charge in [-0.2, -0.15) is 0 Å². The lowest BCUT2D eigenvalue weighted by atomic mass is 10.2. The smallest absolute Gasteiger partial charge is 0.335 e. The second-order valence-electron chi connectivity index (χ2n) is 4.83. The maximum absolute atomic E-state index is 12.0. The van der Waals surface area contributed by atoms with Crippen molar-refractivity contribution < 1.29 is 14.7 Å². The van der Waals surface area contributed by atoms with E-state index in [0.29, 0.717) is 10.0 Å². The molecule has 2 heterocycles. The number of rotatable bonds is 6. The van der Waals surface area contributed by atoms with Crippen LogP contribution in [0.5, 0.6) is 0 Å². The number of anilines is 1. The van der Waals surface area contributed by atoms with Gasteiger partial charge in [0.05, 0.1) is 11.3 Å². The Labute approximate surface area is 163 Å². The highest BCUT2D eigenvalue weighted by molar-refractivity contribution is 8.01. The van der Waals surface area contributed by atoms with Crippen LogP contribution in [-0.2, 0) is 4.79 Å². The van der Waals surface area contributed by atoms with E-state index < -0.39 is 5.97 Å². The first kappa shape index (κ1) is 19.8. The molecule has 0 saturated heterocycles. The highest BCUT2D eigenvalue weighted by atomic mass is 35.5. The fourth-order valence-corrected chi connectivity index (χ4v) is 3.54. The van der Waals surface area contributed by atoms with Crippen molar-refractivity contribution in [3.05, 3.63) is 54.4 Å². The third-order valence-electron chi connectivity index (χ3n) is 3.06. The Kier molecular flexibility index (Phi) is 7.07. The van der Waals surface area contributed by atoms with Crippen LogP contribution in [0.25, 0.3) is 10.6 Å². The molecule has 26 heavy (non-hydrogen) atoms. The summed E-state index contributed by atoms with van der Waals surface area (Å²) < 4.78 is 0.690. The summed E-state index contributed by atoms with van der Waals surface area (Å²) >= 11 is 2.68. The van der Waals surface area contributed by atoms with Crippen LogP contribution in [0.2, 0.25) is 0 Å². The van der Waals surface area contributed by atoms with Gasteiger partial charge in [0.15, 0.2) is 4.34 Å². The molecule has 0 radical (unpaired) electrons. The molecule has 10 heteroatoms. The summed E-state index contributed by atoms with van der Waals surface area (Å²) in [6, 6.07) is 9.71. The fraction of sp³-hybridized carbons (Fsp3) is 0.0625. The second-order valence-corrected chi connectivity index (χ2v) is 7.03. The van der Waals surface area contributed by atoms with Crippen molar-refractivity contribution in [2.45, 2.75) is 4.34 Å². The Balaban J connectivity index is 0.00000243. The van der Waals surface area contributed by atoms with E-state index in [-0.39, 0.29) is 29.6 Å². The number of hydrogen-bond acceptors (Lipinski definition) is 7. The fourth-order valence-electron chi connectivity index (χ4n) is 1.89. The number of aromatic carboxylic acids is 1. The number of benzene rings is 1. The van der Waals surface area contributed by atoms with Crippen LogP contribution in [0.3, 0.4) is 0 Å². The Morgan fingerprint density at radius 2 is 1.92 bits per heavy atom. The molecule has 1 aromatic carbocycles. The Morgan fingerprint density at radius 3 is 2.58 bits per heavy atom. The van der Waals surface area contributed by atoms with Crippen LogP contribution in [0.4, 0.5) is 5.69 Å². The van der Waals surface area contributed by atoms with Crippen molar-refractivity contribution in [3.63, 3.8) is 0 Å². The summed E-state index contributed by atoms with van der Waals surface area (Å²) in [6.45, 7) is 0. The molecule has 7 nitrogen and oxygen atoms in total. The summed E-state index contributed by atoms with van der Waals surface area (Å²) in [6.07, 6.45) is 3.40. The summed E-state index contributed by atoms with van der Waals surface area (Å²) in [7, 11) is 0. The minimum atomic E-state index is -1.01. The molecular formula is C16H13ClN4O3S2. The van der Waals surface area contributed by atoms with E-state index in [4.69, 9.17) is 5.11 Å². The largest absolute Gasteiger partial charge is 0.478 e. The zero-order valence-corrected chi connectivity index (χ0v) is 15.6. The lowest BCUT2D eigenvalue weighted by Gasteiger charge is -2.04. The summed E-state index contributed by atoms with van der Waals surface area (Å²) in [4.78, 5) is 26.8. The van der Waals surface area contributed by atoms with Crippen LogP contribution >= 0.6 is 35.5 Å². The minimum absolute atomic E-state index is 0. The molecule has 3 aromatic rings. The molecule has 0 aliphatic heterocycles. The predicted octanol–water partition coefficient (Wildman–Crippen LogP) is 3.45. The van der Waals surface area contributed by atoms with Gasteiger partial charge in [-0.3, -0.25) is 9.78 Å². The molecule has 3 rings (SSSR count). The number of nitrogens with zero attached hydrogens (tertiary/aromatic N) is 3. The molecule has 0 aliphatic carbocycles. The Hall–Kier alpha value is -2.49. The molecule has 0 fully saturated rings. The van der Waals surface area contributed by atoms with E-state index in [0.717, 1.165) is 10.6 Å². The van der Waals surface area contributed by atoms with Gasteiger partial charge in [0.25, 0.3) is 0 Å². The normalized spacial score (nSPS) is 10.0. The van der Waals surface area contributed by atoms with E-state index in [1.165, 1.54) is 35.2 Å². The summed E-state index contributed by atoms with van der Waals surface area (Å²) in [5, 5.41) is 20.5. The van der Waals surface area contributed by atoms with E-state index in [1.54, 1.807) is 24.5 Å². The molecule has 2 aromatic heterocycles. The summed E-state index contributed by atoms with van der Waals surface area (Å²) in [5.74, 6) is -1.03. The van der Waals surface area contributed by atoms with E-state index in [2.05, 4.69) is 20.5 Å². The van der Waals surface area contributed by atoms with Crippen molar-refractivity contribution >= 4 is 53.1 Å². The zero-order chi connectivity index (χ0) is 17.6. The SMILES string of the molecule is Cl.O=C(CSc1nnc(-c2cccnc2)s1)Nc1ccc(C(=O)O)cc1. The van der Waals surface area contributed by atoms with Gasteiger partial charge in [-0.1, -0.05) is 23.1 Å². The zero-order valence-electron chi connectivity index (χ0n) is 13.2. The first-order chi connectivity index (χ1) is 12.1. The lowest BCUT2D eigenvalue weighted by molar-refractivity contribution is -0.113. The Morgan fingerprint density at radius 1 is 1.15 bits per heavy atom. The first-order valence-electron chi connectivity index (χ1n) is 7.12. The van der Waals surface area contributed by atoms with Crippen molar-refractivity contribution in [3.8, 4) is 10.6 Å². The molecule has 134 valence electrons. The average molecular weight is 409 g/mol. The van der Waals surface area contributed by atoms with Gasteiger partial charge >= 0.3 is 5.97 Å². The second kappa shape index (κ2) is 9.27. The number of carbonyl (C=O) groups excluding carboxylic acids is 1.